The van der Waals surface area contributed by atoms with Crippen molar-refractivity contribution in [3.05, 3.63) is 22.2 Å². The standard InChI is InChI=1S/C12H13Cl2N5O/c1-6(2)20-11-4-7(13)9(3-8(11)14)18-19-10(5-15)12(16)17/h3-4,6,18H,1-2H3,(H3,16,17)/b19-10+. The van der Waals surface area contributed by atoms with Crippen molar-refractivity contribution in [2.45, 2.75) is 20.0 Å². The second-order valence-corrected chi connectivity index (χ2v) is 4.84. The first kappa shape index (κ1) is 16.1. The number of amidine groups is 1. The zero-order valence-electron chi connectivity index (χ0n) is 10.9. The maximum Gasteiger partial charge on any atom is 0.201 e. The predicted molar refractivity (Wildman–Crippen MR) is 80.8 cm³/mol. The van der Waals surface area contributed by atoms with Gasteiger partial charge in [-0.3, -0.25) is 10.8 Å². The van der Waals surface area contributed by atoms with Gasteiger partial charge < -0.3 is 10.5 Å². The van der Waals surface area contributed by atoms with Gasteiger partial charge in [-0.2, -0.15) is 10.4 Å². The summed E-state index contributed by atoms with van der Waals surface area (Å²) in [6, 6.07) is 4.74. The Balaban J connectivity index is 3.02. The third kappa shape index (κ3) is 4.30. The van der Waals surface area contributed by atoms with Gasteiger partial charge in [0, 0.05) is 6.07 Å². The van der Waals surface area contributed by atoms with Crippen molar-refractivity contribution in [1.29, 1.82) is 10.7 Å². The molecule has 1 aromatic rings. The fourth-order valence-electron chi connectivity index (χ4n) is 1.22. The van der Waals surface area contributed by atoms with Crippen LogP contribution in [0.3, 0.4) is 0 Å². The van der Waals surface area contributed by atoms with Crippen LogP contribution in [0.4, 0.5) is 5.69 Å². The van der Waals surface area contributed by atoms with E-state index in [1.165, 1.54) is 6.07 Å². The number of anilines is 1. The lowest BCUT2D eigenvalue weighted by molar-refractivity contribution is 0.242. The van der Waals surface area contributed by atoms with Crippen LogP contribution in [0, 0.1) is 16.7 Å². The van der Waals surface area contributed by atoms with E-state index in [4.69, 9.17) is 44.3 Å². The molecule has 20 heavy (non-hydrogen) atoms. The van der Waals surface area contributed by atoms with E-state index in [0.717, 1.165) is 0 Å². The molecule has 0 heterocycles. The Bertz CT molecular complexity index is 592. The fraction of sp³-hybridized carbons (Fsp3) is 0.250. The van der Waals surface area contributed by atoms with Gasteiger partial charge in [0.15, 0.2) is 5.84 Å². The van der Waals surface area contributed by atoms with Crippen molar-refractivity contribution in [2.24, 2.45) is 10.8 Å². The van der Waals surface area contributed by atoms with Crippen molar-refractivity contribution < 1.29 is 4.74 Å². The lowest BCUT2D eigenvalue weighted by Gasteiger charge is -2.13. The summed E-state index contributed by atoms with van der Waals surface area (Å²) < 4.78 is 5.48. The molecule has 1 rings (SSSR count). The number of nitrogens with zero attached hydrogens (tertiary/aromatic N) is 2. The van der Waals surface area contributed by atoms with Gasteiger partial charge in [0.25, 0.3) is 0 Å². The van der Waals surface area contributed by atoms with Gasteiger partial charge in [-0.25, -0.2) is 0 Å². The molecule has 0 amide bonds. The normalized spacial score (nSPS) is 11.1. The number of benzene rings is 1. The second kappa shape index (κ2) is 6.98. The highest BCUT2D eigenvalue weighted by Gasteiger charge is 2.10. The van der Waals surface area contributed by atoms with Crippen molar-refractivity contribution in [3.8, 4) is 11.8 Å². The van der Waals surface area contributed by atoms with Crippen LogP contribution in [0.25, 0.3) is 0 Å². The summed E-state index contributed by atoms with van der Waals surface area (Å²) in [5.74, 6) is 0.00949. The molecule has 0 saturated heterocycles. The molecular formula is C12H13Cl2N5O. The Labute approximate surface area is 126 Å². The van der Waals surface area contributed by atoms with Gasteiger partial charge in [0.2, 0.25) is 5.71 Å². The van der Waals surface area contributed by atoms with Crippen LogP contribution in [0.15, 0.2) is 17.2 Å². The minimum atomic E-state index is -0.443. The van der Waals surface area contributed by atoms with Crippen molar-refractivity contribution in [3.63, 3.8) is 0 Å². The number of ether oxygens (including phenoxy) is 1. The van der Waals surface area contributed by atoms with E-state index < -0.39 is 5.84 Å². The van der Waals surface area contributed by atoms with Crippen LogP contribution in [0.2, 0.25) is 10.0 Å². The van der Waals surface area contributed by atoms with Crippen LogP contribution >= 0.6 is 23.2 Å². The summed E-state index contributed by atoms with van der Waals surface area (Å²) in [4.78, 5) is 0. The fourth-order valence-corrected chi connectivity index (χ4v) is 1.62. The van der Waals surface area contributed by atoms with E-state index in [9.17, 15) is 0 Å². The summed E-state index contributed by atoms with van der Waals surface area (Å²) in [7, 11) is 0. The van der Waals surface area contributed by atoms with Crippen molar-refractivity contribution >= 4 is 40.4 Å². The summed E-state index contributed by atoms with van der Waals surface area (Å²) in [5.41, 5.74) is 7.83. The first-order valence-electron chi connectivity index (χ1n) is 5.59. The summed E-state index contributed by atoms with van der Waals surface area (Å²) in [6.45, 7) is 3.74. The van der Waals surface area contributed by atoms with E-state index in [0.29, 0.717) is 21.5 Å². The summed E-state index contributed by atoms with van der Waals surface area (Å²) in [5, 5.41) is 20.2. The molecule has 106 valence electrons. The monoisotopic (exact) mass is 313 g/mol. The number of hydrogen-bond donors (Lipinski definition) is 3. The molecule has 0 aliphatic carbocycles. The average molecular weight is 314 g/mol. The molecular weight excluding hydrogens is 301 g/mol. The molecule has 8 heteroatoms. The minimum absolute atomic E-state index is 0.0386. The van der Waals surface area contributed by atoms with E-state index in [2.05, 4.69) is 10.5 Å². The maximum atomic E-state index is 8.72. The second-order valence-electron chi connectivity index (χ2n) is 4.03. The van der Waals surface area contributed by atoms with Crippen LogP contribution in [-0.2, 0) is 0 Å². The Hall–Kier alpha value is -1.97. The van der Waals surface area contributed by atoms with Crippen molar-refractivity contribution in [1.82, 2.24) is 0 Å². The topological polar surface area (TPSA) is 107 Å². The Morgan fingerprint density at radius 3 is 2.60 bits per heavy atom. The van der Waals surface area contributed by atoms with E-state index in [-0.39, 0.29) is 11.8 Å². The van der Waals surface area contributed by atoms with Crippen LogP contribution in [-0.4, -0.2) is 17.7 Å². The highest BCUT2D eigenvalue weighted by atomic mass is 35.5. The van der Waals surface area contributed by atoms with E-state index in [1.54, 1.807) is 12.1 Å². The molecule has 0 aliphatic heterocycles. The first-order valence-corrected chi connectivity index (χ1v) is 6.34. The number of hydrogen-bond acceptors (Lipinski definition) is 5. The molecule has 0 unspecified atom stereocenters. The quantitative estimate of drug-likeness (QED) is 0.441. The first-order chi connectivity index (χ1) is 9.35. The number of nitrogens with two attached hydrogens (primary N) is 1. The van der Waals surface area contributed by atoms with Crippen LogP contribution in [0.1, 0.15) is 13.8 Å². The Morgan fingerprint density at radius 2 is 2.10 bits per heavy atom. The number of halogens is 2. The lowest BCUT2D eigenvalue weighted by atomic mass is 10.3. The highest BCUT2D eigenvalue weighted by Crippen LogP contribution is 2.34. The summed E-state index contributed by atoms with van der Waals surface area (Å²) >= 11 is 12.1. The molecule has 1 aromatic carbocycles. The molecule has 0 fully saturated rings. The molecule has 0 radical (unpaired) electrons. The van der Waals surface area contributed by atoms with Gasteiger partial charge in [-0.15, -0.1) is 0 Å². The highest BCUT2D eigenvalue weighted by molar-refractivity contribution is 6.46. The third-order valence-electron chi connectivity index (χ3n) is 2.03. The number of nitriles is 1. The van der Waals surface area contributed by atoms with Gasteiger partial charge in [0.05, 0.1) is 21.8 Å². The lowest BCUT2D eigenvalue weighted by Crippen LogP contribution is -2.21. The molecule has 4 N–H and O–H groups in total. The SMILES string of the molecule is CC(C)Oc1cc(Cl)c(N/N=C(\C#N)C(=N)N)cc1Cl. The maximum absolute atomic E-state index is 8.72. The Morgan fingerprint density at radius 1 is 1.45 bits per heavy atom. The summed E-state index contributed by atoms with van der Waals surface area (Å²) in [6.07, 6.45) is -0.0386. The molecule has 6 nitrogen and oxygen atoms in total. The van der Waals surface area contributed by atoms with Gasteiger partial charge in [0.1, 0.15) is 11.8 Å². The van der Waals surface area contributed by atoms with Gasteiger partial charge in [-0.05, 0) is 19.9 Å². The van der Waals surface area contributed by atoms with Crippen LogP contribution in [0.5, 0.6) is 5.75 Å². The molecule has 0 spiro atoms. The minimum Gasteiger partial charge on any atom is -0.489 e. The predicted octanol–water partition coefficient (Wildman–Crippen LogP) is 3.01. The van der Waals surface area contributed by atoms with Crippen LogP contribution < -0.4 is 15.9 Å². The molecule has 0 saturated carbocycles. The molecule has 0 atom stereocenters. The van der Waals surface area contributed by atoms with Gasteiger partial charge >= 0.3 is 0 Å². The zero-order chi connectivity index (χ0) is 15.3. The number of nitrogens with one attached hydrogen (secondary N) is 2. The van der Waals surface area contributed by atoms with Crippen molar-refractivity contribution in [2.75, 3.05) is 5.43 Å². The number of hydrazone groups is 1. The average Bonchev–Trinajstić information content (AvgIpc) is 2.34. The molecule has 0 bridgehead atoms. The smallest absolute Gasteiger partial charge is 0.201 e. The third-order valence-corrected chi connectivity index (χ3v) is 2.64. The van der Waals surface area contributed by atoms with Gasteiger partial charge in [-0.1, -0.05) is 23.2 Å². The van der Waals surface area contributed by atoms with E-state index in [1.807, 2.05) is 13.8 Å². The Kier molecular flexibility index (Phi) is 5.62. The molecule has 0 aliphatic rings. The van der Waals surface area contributed by atoms with E-state index >= 15 is 0 Å². The number of rotatable bonds is 5. The zero-order valence-corrected chi connectivity index (χ0v) is 12.4. The molecule has 0 aromatic heterocycles. The largest absolute Gasteiger partial charge is 0.489 e.